The Morgan fingerprint density at radius 2 is 2.06 bits per heavy atom. The molecule has 4 heteroatoms. The maximum absolute atomic E-state index is 12.7. The lowest BCUT2D eigenvalue weighted by Crippen LogP contribution is -2.48. The van der Waals surface area contributed by atoms with E-state index >= 15 is 0 Å². The Morgan fingerprint density at radius 3 is 2.62 bits per heavy atom. The van der Waals surface area contributed by atoms with Crippen LogP contribution in [0.4, 0.5) is 4.39 Å². The van der Waals surface area contributed by atoms with Crippen LogP contribution in [0.5, 0.6) is 0 Å². The molecular formula is C12H14FNOS. The third-order valence-corrected chi connectivity index (χ3v) is 3.54. The Kier molecular flexibility index (Phi) is 3.61. The van der Waals surface area contributed by atoms with Crippen LogP contribution in [0, 0.1) is 5.82 Å². The number of hydrogen-bond donors (Lipinski definition) is 0. The number of likely N-dealkylation sites (tertiary alicyclic amines) is 1. The van der Waals surface area contributed by atoms with Crippen LogP contribution < -0.4 is 0 Å². The molecular weight excluding hydrogens is 225 g/mol. The van der Waals surface area contributed by atoms with E-state index in [1.54, 1.807) is 19.1 Å². The first-order valence-corrected chi connectivity index (χ1v) is 6.15. The van der Waals surface area contributed by atoms with Gasteiger partial charge in [-0.05, 0) is 17.7 Å². The van der Waals surface area contributed by atoms with Gasteiger partial charge in [-0.3, -0.25) is 9.69 Å². The van der Waals surface area contributed by atoms with Crippen molar-refractivity contribution in [2.75, 3.05) is 13.1 Å². The van der Waals surface area contributed by atoms with E-state index in [1.165, 1.54) is 23.9 Å². The van der Waals surface area contributed by atoms with Crippen LogP contribution >= 0.6 is 11.8 Å². The summed E-state index contributed by atoms with van der Waals surface area (Å²) in [6, 6.07) is 6.58. The van der Waals surface area contributed by atoms with E-state index in [-0.39, 0.29) is 10.9 Å². The first-order valence-electron chi connectivity index (χ1n) is 5.27. The molecule has 1 aromatic rings. The SMILES string of the molecule is CC(=O)SC1CN(Cc2ccc(F)cc2)C1. The molecule has 1 aliphatic rings. The van der Waals surface area contributed by atoms with Crippen molar-refractivity contribution in [2.45, 2.75) is 18.7 Å². The standard InChI is InChI=1S/C12H14FNOS/c1-9(15)16-12-7-14(8-12)6-10-2-4-11(13)5-3-10/h2-5,12H,6-8H2,1H3. The average molecular weight is 239 g/mol. The van der Waals surface area contributed by atoms with Gasteiger partial charge in [-0.2, -0.15) is 0 Å². The minimum absolute atomic E-state index is 0.187. The lowest BCUT2D eigenvalue weighted by molar-refractivity contribution is -0.109. The molecule has 0 amide bonds. The van der Waals surface area contributed by atoms with Crippen LogP contribution in [-0.2, 0) is 11.3 Å². The van der Waals surface area contributed by atoms with Gasteiger partial charge in [0.25, 0.3) is 0 Å². The summed E-state index contributed by atoms with van der Waals surface area (Å²) in [6.45, 7) is 4.34. The molecule has 1 heterocycles. The molecule has 2 rings (SSSR count). The topological polar surface area (TPSA) is 20.3 Å². The van der Waals surface area contributed by atoms with E-state index in [4.69, 9.17) is 0 Å². The monoisotopic (exact) mass is 239 g/mol. The summed E-state index contributed by atoms with van der Waals surface area (Å²) < 4.78 is 12.7. The highest BCUT2D eigenvalue weighted by molar-refractivity contribution is 8.14. The fourth-order valence-electron chi connectivity index (χ4n) is 1.81. The molecule has 1 aliphatic heterocycles. The summed E-state index contributed by atoms with van der Waals surface area (Å²) in [5, 5.41) is 0.629. The second-order valence-corrected chi connectivity index (χ2v) is 5.53. The number of halogens is 1. The summed E-state index contributed by atoms with van der Waals surface area (Å²) in [5.74, 6) is -0.197. The molecule has 2 nitrogen and oxygen atoms in total. The molecule has 1 aromatic carbocycles. The van der Waals surface area contributed by atoms with Crippen molar-refractivity contribution >= 4 is 16.9 Å². The van der Waals surface area contributed by atoms with Crippen LogP contribution in [0.2, 0.25) is 0 Å². The van der Waals surface area contributed by atoms with Gasteiger partial charge < -0.3 is 0 Å². The van der Waals surface area contributed by atoms with Crippen molar-refractivity contribution in [1.82, 2.24) is 4.90 Å². The highest BCUT2D eigenvalue weighted by atomic mass is 32.2. The summed E-state index contributed by atoms with van der Waals surface area (Å²) >= 11 is 1.42. The summed E-state index contributed by atoms with van der Waals surface area (Å²) in [6.07, 6.45) is 0. The van der Waals surface area contributed by atoms with E-state index < -0.39 is 0 Å². The second-order valence-electron chi connectivity index (χ2n) is 4.05. The van der Waals surface area contributed by atoms with Crippen molar-refractivity contribution in [3.8, 4) is 0 Å². The molecule has 0 aliphatic carbocycles. The average Bonchev–Trinajstić information content (AvgIpc) is 2.17. The van der Waals surface area contributed by atoms with Crippen LogP contribution in [0.25, 0.3) is 0 Å². The van der Waals surface area contributed by atoms with E-state index in [0.717, 1.165) is 25.2 Å². The Labute approximate surface area is 98.8 Å². The van der Waals surface area contributed by atoms with Gasteiger partial charge in [-0.1, -0.05) is 23.9 Å². The Bertz CT molecular complexity index is 373. The van der Waals surface area contributed by atoms with Gasteiger partial charge in [0.05, 0.1) is 0 Å². The van der Waals surface area contributed by atoms with E-state index in [1.807, 2.05) is 0 Å². The first kappa shape index (κ1) is 11.6. The number of carbonyl (C=O) groups is 1. The Balaban J connectivity index is 1.77. The number of hydrogen-bond acceptors (Lipinski definition) is 3. The van der Waals surface area contributed by atoms with Gasteiger partial charge in [0.15, 0.2) is 5.12 Å². The molecule has 0 aromatic heterocycles. The number of benzene rings is 1. The molecule has 16 heavy (non-hydrogen) atoms. The third kappa shape index (κ3) is 3.06. The lowest BCUT2D eigenvalue weighted by Gasteiger charge is -2.38. The normalized spacial score (nSPS) is 17.1. The maximum atomic E-state index is 12.7. The van der Waals surface area contributed by atoms with Crippen LogP contribution in [0.3, 0.4) is 0 Å². The molecule has 1 fully saturated rings. The quantitative estimate of drug-likeness (QED) is 0.807. The largest absolute Gasteiger partial charge is 0.297 e. The second kappa shape index (κ2) is 4.97. The van der Waals surface area contributed by atoms with Gasteiger partial charge in [0.1, 0.15) is 5.82 Å². The predicted molar refractivity (Wildman–Crippen MR) is 63.7 cm³/mol. The molecule has 0 spiro atoms. The summed E-state index contributed by atoms with van der Waals surface area (Å²) in [5.41, 5.74) is 1.12. The minimum atomic E-state index is -0.197. The van der Waals surface area contributed by atoms with Crippen LogP contribution in [0.1, 0.15) is 12.5 Å². The van der Waals surface area contributed by atoms with Crippen LogP contribution in [0.15, 0.2) is 24.3 Å². The first-order chi connectivity index (χ1) is 7.63. The van der Waals surface area contributed by atoms with Gasteiger partial charge in [0, 0.05) is 31.8 Å². The van der Waals surface area contributed by atoms with Crippen molar-refractivity contribution < 1.29 is 9.18 Å². The smallest absolute Gasteiger partial charge is 0.186 e. The van der Waals surface area contributed by atoms with E-state index in [0.29, 0.717) is 5.25 Å². The fourth-order valence-corrected chi connectivity index (χ4v) is 2.85. The zero-order chi connectivity index (χ0) is 11.5. The summed E-state index contributed by atoms with van der Waals surface area (Å²) in [7, 11) is 0. The van der Waals surface area contributed by atoms with E-state index in [2.05, 4.69) is 4.90 Å². The molecule has 86 valence electrons. The fraction of sp³-hybridized carbons (Fsp3) is 0.417. The number of carbonyl (C=O) groups excluding carboxylic acids is 1. The Morgan fingerprint density at radius 1 is 1.44 bits per heavy atom. The van der Waals surface area contributed by atoms with Gasteiger partial charge >= 0.3 is 0 Å². The highest BCUT2D eigenvalue weighted by Crippen LogP contribution is 2.24. The van der Waals surface area contributed by atoms with Crippen molar-refractivity contribution in [1.29, 1.82) is 0 Å². The zero-order valence-electron chi connectivity index (χ0n) is 9.15. The molecule has 1 saturated heterocycles. The van der Waals surface area contributed by atoms with Crippen molar-refractivity contribution in [3.63, 3.8) is 0 Å². The number of nitrogens with zero attached hydrogens (tertiary/aromatic N) is 1. The number of rotatable bonds is 3. The van der Waals surface area contributed by atoms with Crippen LogP contribution in [-0.4, -0.2) is 28.4 Å². The van der Waals surface area contributed by atoms with E-state index in [9.17, 15) is 9.18 Å². The third-order valence-electron chi connectivity index (χ3n) is 2.58. The minimum Gasteiger partial charge on any atom is -0.297 e. The van der Waals surface area contributed by atoms with Crippen molar-refractivity contribution in [2.24, 2.45) is 0 Å². The molecule has 0 bridgehead atoms. The van der Waals surface area contributed by atoms with Gasteiger partial charge in [0.2, 0.25) is 0 Å². The molecule has 0 saturated carbocycles. The lowest BCUT2D eigenvalue weighted by atomic mass is 10.1. The summed E-state index contributed by atoms with van der Waals surface area (Å²) in [4.78, 5) is 13.1. The molecule has 0 N–H and O–H groups in total. The van der Waals surface area contributed by atoms with Gasteiger partial charge in [-0.15, -0.1) is 0 Å². The predicted octanol–water partition coefficient (Wildman–Crippen LogP) is 2.29. The zero-order valence-corrected chi connectivity index (χ0v) is 9.97. The van der Waals surface area contributed by atoms with Crippen molar-refractivity contribution in [3.05, 3.63) is 35.6 Å². The number of thioether (sulfide) groups is 1. The molecule has 0 radical (unpaired) electrons. The molecule has 0 unspecified atom stereocenters. The van der Waals surface area contributed by atoms with Gasteiger partial charge in [-0.25, -0.2) is 4.39 Å². The Hall–Kier alpha value is -0.870. The molecule has 0 atom stereocenters. The maximum Gasteiger partial charge on any atom is 0.186 e. The highest BCUT2D eigenvalue weighted by Gasteiger charge is 2.27.